The van der Waals surface area contributed by atoms with E-state index in [-0.39, 0.29) is 11.1 Å². The molecule has 0 aliphatic rings. The van der Waals surface area contributed by atoms with Crippen molar-refractivity contribution in [1.82, 2.24) is 18.8 Å². The van der Waals surface area contributed by atoms with Gasteiger partial charge in [0.05, 0.1) is 22.1 Å². The van der Waals surface area contributed by atoms with E-state index in [2.05, 4.69) is 214 Å². The molecule has 0 fully saturated rings. The minimum atomic E-state index is -0.0541. The third-order valence-corrected chi connectivity index (χ3v) is 17.7. The lowest BCUT2D eigenvalue weighted by atomic mass is 9.94. The fourth-order valence-corrected chi connectivity index (χ4v) is 13.4. The van der Waals surface area contributed by atoms with Crippen molar-refractivity contribution in [2.24, 2.45) is 0 Å². The topological polar surface area (TPSA) is 68.7 Å². The molecule has 0 spiro atoms. The summed E-state index contributed by atoms with van der Waals surface area (Å²) in [7, 11) is 0. The summed E-state index contributed by atoms with van der Waals surface area (Å²) < 4.78 is 3.64. The smallest absolute Gasteiger partial charge is 0.264 e. The largest absolute Gasteiger partial charge is 0.268 e. The van der Waals surface area contributed by atoms with Crippen molar-refractivity contribution in [2.45, 2.75) is 25.7 Å². The molecule has 6 nitrogen and oxygen atoms in total. The quantitative estimate of drug-likeness (QED) is 0.102. The maximum absolute atomic E-state index is 14.5. The number of allylic oxidation sites excluding steroid dienone is 4. The van der Waals surface area contributed by atoms with Crippen LogP contribution in [0.2, 0.25) is 0 Å². The van der Waals surface area contributed by atoms with Crippen LogP contribution >= 0.6 is 0 Å². The van der Waals surface area contributed by atoms with E-state index in [0.717, 1.165) is 147 Å². The second-order valence-electron chi connectivity index (χ2n) is 23.2. The molecule has 0 aliphatic carbocycles. The highest BCUT2D eigenvalue weighted by molar-refractivity contribution is 6.21. The van der Waals surface area contributed by atoms with Gasteiger partial charge >= 0.3 is 0 Å². The summed E-state index contributed by atoms with van der Waals surface area (Å²) in [6.45, 7) is 15.5. The molecule has 0 amide bonds. The molecular weight excluding hydrogens is 1100 g/mol. The van der Waals surface area contributed by atoms with Gasteiger partial charge in [0.2, 0.25) is 0 Å². The molecule has 0 saturated carbocycles. The number of imidazole rings is 2. The number of hydrogen-bond acceptors (Lipinski definition) is 4. The van der Waals surface area contributed by atoms with Crippen LogP contribution in [-0.4, -0.2) is 18.8 Å². The fourth-order valence-electron chi connectivity index (χ4n) is 13.4. The number of aromatic nitrogens is 4. The molecule has 0 N–H and O–H groups in total. The highest BCUT2D eigenvalue weighted by atomic mass is 16.1. The van der Waals surface area contributed by atoms with Crippen LogP contribution < -0.4 is 11.1 Å². The predicted octanol–water partition coefficient (Wildman–Crippen LogP) is 20.1. The first-order valence-corrected chi connectivity index (χ1v) is 30.6. The summed E-state index contributed by atoms with van der Waals surface area (Å²) in [6.07, 6.45) is 10.9. The molecule has 90 heavy (non-hydrogen) atoms. The van der Waals surface area contributed by atoms with E-state index in [9.17, 15) is 9.59 Å². The van der Waals surface area contributed by atoms with Crippen molar-refractivity contribution >= 4 is 76.5 Å². The Kier molecular flexibility index (Phi) is 14.0. The molecule has 0 saturated heterocycles. The normalized spacial score (nSPS) is 11.6. The molecule has 0 bridgehead atoms. The van der Waals surface area contributed by atoms with Crippen LogP contribution in [0.4, 0.5) is 0 Å². The van der Waals surface area contributed by atoms with E-state index in [1.165, 1.54) is 22.3 Å². The summed E-state index contributed by atoms with van der Waals surface area (Å²) in [4.78, 5) is 39.4. The maximum Gasteiger partial charge on any atom is 0.264 e. The molecule has 6 heteroatoms. The molecule has 0 unspecified atom stereocenters. The standard InChI is InChI=1S/2C42H30N2O/c1-3-9-27-15-19-29(20-16-27)32-25-37(31-21-17-28(10-4-2)18-22-31)40-38(26-32)44-41(43-40)35-24-23-33(30-11-6-5-7-12-30)34-13-8-14-36(39(34)35)42(44)45;1-3-9-27-15-19-29(20-16-27)32-25-37(31-21-17-28(10-4-2)18-22-31)40-38(26-32)44-41(43-40)35-14-8-13-34-33(30-11-6-5-7-12-30)23-24-36(39(34)35)42(44)45/h2*3-8,11-26H,1-2,9-10H2. The van der Waals surface area contributed by atoms with Gasteiger partial charge in [-0.15, -0.1) is 26.3 Å². The Bertz CT molecular complexity index is 5310. The van der Waals surface area contributed by atoms with Gasteiger partial charge in [-0.1, -0.05) is 224 Å². The lowest BCUT2D eigenvalue weighted by Gasteiger charge is -2.12. The van der Waals surface area contributed by atoms with Gasteiger partial charge in [-0.2, -0.15) is 0 Å². The average molecular weight is 1160 g/mol. The van der Waals surface area contributed by atoms with Crippen LogP contribution in [0, 0.1) is 0 Å². The minimum absolute atomic E-state index is 0.0541. The van der Waals surface area contributed by atoms with Gasteiger partial charge in [-0.05, 0) is 157 Å². The minimum Gasteiger partial charge on any atom is -0.268 e. The van der Waals surface area contributed by atoms with Crippen LogP contribution in [0.25, 0.3) is 143 Å². The van der Waals surface area contributed by atoms with Gasteiger partial charge in [-0.3, -0.25) is 18.4 Å². The first kappa shape index (κ1) is 55.0. The Labute approximate surface area is 521 Å². The monoisotopic (exact) mass is 1160 g/mol. The summed E-state index contributed by atoms with van der Waals surface area (Å²) >= 11 is 0. The highest BCUT2D eigenvalue weighted by Crippen LogP contribution is 2.42. The molecule has 16 rings (SSSR count). The summed E-state index contributed by atoms with van der Waals surface area (Å²) in [5.74, 6) is 0. The van der Waals surface area contributed by atoms with Crippen molar-refractivity contribution in [1.29, 1.82) is 0 Å². The van der Waals surface area contributed by atoms with Crippen LogP contribution in [0.5, 0.6) is 0 Å². The summed E-state index contributed by atoms with van der Waals surface area (Å²) in [5, 5.41) is 7.36. The van der Waals surface area contributed by atoms with Crippen molar-refractivity contribution < 1.29 is 0 Å². The number of benzene rings is 12. The Hall–Kier alpha value is -11.6. The first-order chi connectivity index (χ1) is 44.3. The molecule has 0 aliphatic heterocycles. The van der Waals surface area contributed by atoms with E-state index in [1.54, 1.807) is 0 Å². The molecule has 16 aromatic rings. The van der Waals surface area contributed by atoms with Crippen molar-refractivity contribution in [2.75, 3.05) is 0 Å². The maximum atomic E-state index is 14.5. The second kappa shape index (κ2) is 22.9. The zero-order valence-electron chi connectivity index (χ0n) is 49.7. The van der Waals surface area contributed by atoms with Crippen molar-refractivity contribution in [3.05, 3.63) is 336 Å². The Morgan fingerprint density at radius 3 is 1.00 bits per heavy atom. The van der Waals surface area contributed by atoms with Crippen LogP contribution in [0.1, 0.15) is 22.3 Å². The first-order valence-electron chi connectivity index (χ1n) is 30.6. The Balaban J connectivity index is 0.000000150. The lowest BCUT2D eigenvalue weighted by molar-refractivity contribution is 1.19. The van der Waals surface area contributed by atoms with E-state index < -0.39 is 0 Å². The molecule has 0 atom stereocenters. The number of rotatable bonds is 14. The lowest BCUT2D eigenvalue weighted by Crippen LogP contribution is -2.13. The molecule has 12 aromatic carbocycles. The van der Waals surface area contributed by atoms with E-state index in [4.69, 9.17) is 9.97 Å². The van der Waals surface area contributed by atoms with Crippen LogP contribution in [0.3, 0.4) is 0 Å². The Morgan fingerprint density at radius 2 is 0.611 bits per heavy atom. The van der Waals surface area contributed by atoms with E-state index >= 15 is 0 Å². The number of fused-ring (bicyclic) bond motifs is 8. The third kappa shape index (κ3) is 9.45. The van der Waals surface area contributed by atoms with Crippen LogP contribution in [-0.2, 0) is 25.7 Å². The SMILES string of the molecule is C=CCc1ccc(-c2cc(-c3ccc(CC=C)cc3)c3nc4c5ccc(-c6ccccc6)c6cccc(c(=O)n4c3c2)c65)cc1.C=CCc1ccc(-c2cc(-c3ccc(CC=C)cc3)c3nc4c5cccc6c(-c7ccccc7)ccc(c(=O)n4c3c2)c65)cc1. The molecule has 4 aromatic heterocycles. The van der Waals surface area contributed by atoms with Gasteiger partial charge in [0, 0.05) is 43.4 Å². The zero-order chi connectivity index (χ0) is 61.0. The zero-order valence-corrected chi connectivity index (χ0v) is 49.7. The van der Waals surface area contributed by atoms with Gasteiger partial charge in [-0.25, -0.2) is 9.97 Å². The average Bonchev–Trinajstić information content (AvgIpc) is 1.56. The third-order valence-electron chi connectivity index (χ3n) is 17.7. The van der Waals surface area contributed by atoms with Gasteiger partial charge in [0.25, 0.3) is 11.1 Å². The molecule has 0 radical (unpaired) electrons. The van der Waals surface area contributed by atoms with Crippen molar-refractivity contribution in [3.63, 3.8) is 0 Å². The molecule has 428 valence electrons. The van der Waals surface area contributed by atoms with E-state index in [1.807, 2.05) is 87.7 Å². The number of pyridine rings is 2. The number of hydrogen-bond donors (Lipinski definition) is 0. The highest BCUT2D eigenvalue weighted by Gasteiger charge is 2.24. The second-order valence-corrected chi connectivity index (χ2v) is 23.2. The van der Waals surface area contributed by atoms with Gasteiger partial charge in [0.1, 0.15) is 11.3 Å². The summed E-state index contributed by atoms with van der Waals surface area (Å²) in [6, 6.07) is 84.3. The number of nitrogens with zero attached hydrogens (tertiary/aromatic N) is 4. The Morgan fingerprint density at radius 1 is 0.289 bits per heavy atom. The summed E-state index contributed by atoms with van der Waals surface area (Å²) in [5.41, 5.74) is 22.2. The molecule has 4 heterocycles. The van der Waals surface area contributed by atoms with Gasteiger partial charge < -0.3 is 0 Å². The fraction of sp³-hybridized carbons (Fsp3) is 0.0476. The van der Waals surface area contributed by atoms with Gasteiger partial charge in [0.15, 0.2) is 0 Å². The predicted molar refractivity (Wildman–Crippen MR) is 379 cm³/mol. The van der Waals surface area contributed by atoms with Crippen LogP contribution in [0.15, 0.2) is 303 Å². The molecular formula is C84H60N4O2. The van der Waals surface area contributed by atoms with Crippen molar-refractivity contribution in [3.8, 4) is 66.8 Å². The van der Waals surface area contributed by atoms with E-state index in [0.29, 0.717) is 22.1 Å².